The van der Waals surface area contributed by atoms with Crippen molar-refractivity contribution in [3.05, 3.63) is 58.5 Å². The minimum atomic E-state index is 1.04. The van der Waals surface area contributed by atoms with Crippen LogP contribution in [-0.2, 0) is 19.3 Å². The number of nitrogens with zero attached hydrogens (tertiary/aromatic N) is 2. The molecule has 1 aliphatic carbocycles. The van der Waals surface area contributed by atoms with Crippen LogP contribution in [0.15, 0.2) is 34.9 Å². The predicted molar refractivity (Wildman–Crippen MR) is 106 cm³/mol. The first-order valence-corrected chi connectivity index (χ1v) is 10.2. The molecular weight excluding hydrogens is 320 g/mol. The van der Waals surface area contributed by atoms with Crippen molar-refractivity contribution in [1.29, 1.82) is 0 Å². The molecule has 4 rings (SSSR count). The standard InChI is InChI=1S/C23H30N2O/c1-18-9-11-19(12-10-18)20-13-16-25(17-14-20)15-5-8-23-21-6-3-2-4-7-22(21)24-26-23/h9-13H,2-8,14-17H2,1H3. The first-order chi connectivity index (χ1) is 12.8. The van der Waals surface area contributed by atoms with Gasteiger partial charge >= 0.3 is 0 Å². The summed E-state index contributed by atoms with van der Waals surface area (Å²) in [7, 11) is 0. The Morgan fingerprint density at radius 2 is 1.88 bits per heavy atom. The molecule has 1 aliphatic heterocycles. The van der Waals surface area contributed by atoms with Gasteiger partial charge in [-0.05, 0) is 63.1 Å². The summed E-state index contributed by atoms with van der Waals surface area (Å²) in [5.41, 5.74) is 6.89. The second-order valence-corrected chi connectivity index (χ2v) is 7.84. The molecule has 2 heterocycles. The molecule has 26 heavy (non-hydrogen) atoms. The van der Waals surface area contributed by atoms with Gasteiger partial charge in [-0.25, -0.2) is 0 Å². The molecule has 0 fully saturated rings. The molecule has 1 aromatic heterocycles. The molecule has 0 saturated heterocycles. The molecule has 2 aliphatic rings. The molecule has 0 amide bonds. The topological polar surface area (TPSA) is 29.3 Å². The zero-order chi connectivity index (χ0) is 17.8. The maximum absolute atomic E-state index is 5.67. The van der Waals surface area contributed by atoms with Gasteiger partial charge in [0, 0.05) is 25.1 Å². The van der Waals surface area contributed by atoms with Crippen LogP contribution in [0.4, 0.5) is 0 Å². The van der Waals surface area contributed by atoms with Gasteiger partial charge in [0.1, 0.15) is 5.76 Å². The Kier molecular flexibility index (Phi) is 5.54. The second-order valence-electron chi connectivity index (χ2n) is 7.84. The quantitative estimate of drug-likeness (QED) is 0.713. The van der Waals surface area contributed by atoms with E-state index in [1.165, 1.54) is 53.6 Å². The van der Waals surface area contributed by atoms with E-state index in [1.54, 1.807) is 0 Å². The lowest BCUT2D eigenvalue weighted by Crippen LogP contribution is -2.29. The maximum atomic E-state index is 5.67. The zero-order valence-corrected chi connectivity index (χ0v) is 16.0. The highest BCUT2D eigenvalue weighted by molar-refractivity contribution is 5.66. The lowest BCUT2D eigenvalue weighted by molar-refractivity contribution is 0.290. The van der Waals surface area contributed by atoms with Crippen LogP contribution >= 0.6 is 0 Å². The minimum Gasteiger partial charge on any atom is -0.361 e. The van der Waals surface area contributed by atoms with E-state index in [-0.39, 0.29) is 0 Å². The van der Waals surface area contributed by atoms with Crippen LogP contribution in [0.5, 0.6) is 0 Å². The van der Waals surface area contributed by atoms with Gasteiger partial charge in [0.2, 0.25) is 0 Å². The Bertz CT molecular complexity index is 757. The third-order valence-electron chi connectivity index (χ3n) is 5.89. The van der Waals surface area contributed by atoms with Crippen molar-refractivity contribution in [3.8, 4) is 0 Å². The van der Waals surface area contributed by atoms with E-state index in [0.29, 0.717) is 0 Å². The first kappa shape index (κ1) is 17.5. The van der Waals surface area contributed by atoms with Crippen LogP contribution in [0.25, 0.3) is 5.57 Å². The minimum absolute atomic E-state index is 1.04. The average molecular weight is 351 g/mol. The van der Waals surface area contributed by atoms with Crippen LogP contribution in [0.3, 0.4) is 0 Å². The molecule has 0 radical (unpaired) electrons. The van der Waals surface area contributed by atoms with Crippen LogP contribution < -0.4 is 0 Å². The van der Waals surface area contributed by atoms with Gasteiger partial charge in [-0.3, -0.25) is 4.90 Å². The van der Waals surface area contributed by atoms with Crippen LogP contribution in [0.2, 0.25) is 0 Å². The van der Waals surface area contributed by atoms with Crippen molar-refractivity contribution < 1.29 is 4.52 Å². The van der Waals surface area contributed by atoms with Crippen molar-refractivity contribution in [1.82, 2.24) is 10.1 Å². The highest BCUT2D eigenvalue weighted by atomic mass is 16.5. The van der Waals surface area contributed by atoms with E-state index in [4.69, 9.17) is 4.52 Å². The maximum Gasteiger partial charge on any atom is 0.140 e. The predicted octanol–water partition coefficient (Wildman–Crippen LogP) is 4.97. The summed E-state index contributed by atoms with van der Waals surface area (Å²) in [5, 5.41) is 4.33. The molecule has 0 N–H and O–H groups in total. The molecule has 0 saturated carbocycles. The third-order valence-corrected chi connectivity index (χ3v) is 5.89. The van der Waals surface area contributed by atoms with E-state index in [9.17, 15) is 0 Å². The van der Waals surface area contributed by atoms with E-state index < -0.39 is 0 Å². The zero-order valence-electron chi connectivity index (χ0n) is 16.0. The normalized spacial score (nSPS) is 18.3. The van der Waals surface area contributed by atoms with Gasteiger partial charge in [-0.2, -0.15) is 0 Å². The van der Waals surface area contributed by atoms with E-state index in [0.717, 1.165) is 51.1 Å². The average Bonchev–Trinajstić information content (AvgIpc) is 2.89. The largest absolute Gasteiger partial charge is 0.361 e. The summed E-state index contributed by atoms with van der Waals surface area (Å²) < 4.78 is 5.67. The number of benzene rings is 1. The summed E-state index contributed by atoms with van der Waals surface area (Å²) in [6.07, 6.45) is 11.9. The summed E-state index contributed by atoms with van der Waals surface area (Å²) in [5.74, 6) is 1.16. The Hall–Kier alpha value is -1.87. The van der Waals surface area contributed by atoms with Crippen LogP contribution in [0, 0.1) is 6.92 Å². The molecule has 3 heteroatoms. The number of hydrogen-bond donors (Lipinski definition) is 0. The molecule has 2 aromatic rings. The fourth-order valence-corrected chi connectivity index (χ4v) is 4.24. The van der Waals surface area contributed by atoms with Crippen LogP contribution in [0.1, 0.15) is 60.2 Å². The Morgan fingerprint density at radius 1 is 1.04 bits per heavy atom. The summed E-state index contributed by atoms with van der Waals surface area (Å²) in [6.45, 7) is 5.52. The number of fused-ring (bicyclic) bond motifs is 1. The van der Waals surface area contributed by atoms with E-state index >= 15 is 0 Å². The van der Waals surface area contributed by atoms with Gasteiger partial charge in [0.25, 0.3) is 0 Å². The van der Waals surface area contributed by atoms with Gasteiger partial charge in [-0.1, -0.05) is 47.5 Å². The van der Waals surface area contributed by atoms with Crippen molar-refractivity contribution in [2.75, 3.05) is 19.6 Å². The summed E-state index contributed by atoms with van der Waals surface area (Å²) >= 11 is 0. The fraction of sp³-hybridized carbons (Fsp3) is 0.522. The van der Waals surface area contributed by atoms with E-state index in [1.807, 2.05) is 0 Å². The molecule has 1 aromatic carbocycles. The third kappa shape index (κ3) is 4.09. The molecule has 0 atom stereocenters. The molecule has 138 valence electrons. The SMILES string of the molecule is Cc1ccc(C2=CCN(CCCc3onc4c3CCCCC4)CC2)cc1. The molecular formula is C23H30N2O. The smallest absolute Gasteiger partial charge is 0.140 e. The number of hydrogen-bond acceptors (Lipinski definition) is 3. The fourth-order valence-electron chi connectivity index (χ4n) is 4.24. The Balaban J connectivity index is 1.28. The van der Waals surface area contributed by atoms with Crippen molar-refractivity contribution in [2.24, 2.45) is 0 Å². The van der Waals surface area contributed by atoms with Gasteiger partial charge < -0.3 is 4.52 Å². The van der Waals surface area contributed by atoms with Gasteiger partial charge in [0.15, 0.2) is 0 Å². The Morgan fingerprint density at radius 3 is 2.69 bits per heavy atom. The molecule has 0 spiro atoms. The highest BCUT2D eigenvalue weighted by Crippen LogP contribution is 2.25. The van der Waals surface area contributed by atoms with Crippen molar-refractivity contribution in [2.45, 2.75) is 58.3 Å². The number of aryl methyl sites for hydroxylation is 3. The monoisotopic (exact) mass is 350 g/mol. The van der Waals surface area contributed by atoms with Crippen LogP contribution in [-0.4, -0.2) is 29.7 Å². The van der Waals surface area contributed by atoms with Gasteiger partial charge in [-0.15, -0.1) is 0 Å². The molecule has 0 unspecified atom stereocenters. The first-order valence-electron chi connectivity index (χ1n) is 10.2. The molecule has 0 bridgehead atoms. The Labute approximate surface area is 157 Å². The number of aromatic nitrogens is 1. The lowest BCUT2D eigenvalue weighted by Gasteiger charge is -2.26. The highest BCUT2D eigenvalue weighted by Gasteiger charge is 2.18. The summed E-state index contributed by atoms with van der Waals surface area (Å²) in [4.78, 5) is 2.56. The number of rotatable bonds is 5. The van der Waals surface area contributed by atoms with Crippen molar-refractivity contribution >= 4 is 5.57 Å². The summed E-state index contributed by atoms with van der Waals surface area (Å²) in [6, 6.07) is 8.94. The van der Waals surface area contributed by atoms with Crippen molar-refractivity contribution in [3.63, 3.8) is 0 Å². The van der Waals surface area contributed by atoms with E-state index in [2.05, 4.69) is 47.3 Å². The second kappa shape index (κ2) is 8.22. The molecule has 3 nitrogen and oxygen atoms in total. The lowest BCUT2D eigenvalue weighted by atomic mass is 9.98. The van der Waals surface area contributed by atoms with Gasteiger partial charge in [0.05, 0.1) is 5.69 Å².